The van der Waals surface area contributed by atoms with Gasteiger partial charge in [0.1, 0.15) is 11.2 Å². The molecule has 0 spiro atoms. The average molecular weight is 806 g/mol. The molecule has 12 rings (SSSR count). The van der Waals surface area contributed by atoms with Crippen LogP contribution in [0.25, 0.3) is 88.3 Å². The molecule has 1 aliphatic carbocycles. The molecule has 0 saturated heterocycles. The number of fused-ring (bicyclic) bond motifs is 8. The Morgan fingerprint density at radius 3 is 1.52 bits per heavy atom. The van der Waals surface area contributed by atoms with E-state index in [-0.39, 0.29) is 5.41 Å². The fourth-order valence-electron chi connectivity index (χ4n) is 10.2. The van der Waals surface area contributed by atoms with Crippen molar-refractivity contribution in [1.29, 1.82) is 0 Å². The minimum Gasteiger partial charge on any atom is -0.455 e. The van der Waals surface area contributed by atoms with E-state index < -0.39 is 0 Å². The van der Waals surface area contributed by atoms with E-state index in [0.29, 0.717) is 0 Å². The van der Waals surface area contributed by atoms with Crippen molar-refractivity contribution in [2.24, 2.45) is 0 Å². The number of hydrogen-bond acceptors (Lipinski definition) is 2. The van der Waals surface area contributed by atoms with Crippen molar-refractivity contribution in [2.75, 3.05) is 4.90 Å². The Morgan fingerprint density at radius 2 is 0.841 bits per heavy atom. The van der Waals surface area contributed by atoms with Gasteiger partial charge in [0.15, 0.2) is 0 Å². The van der Waals surface area contributed by atoms with Crippen LogP contribution in [0.1, 0.15) is 25.0 Å². The van der Waals surface area contributed by atoms with Crippen molar-refractivity contribution >= 4 is 49.8 Å². The van der Waals surface area contributed by atoms with Crippen molar-refractivity contribution in [3.8, 4) is 55.6 Å². The Labute approximate surface area is 368 Å². The third-order valence-electron chi connectivity index (χ3n) is 13.3. The molecule has 0 radical (unpaired) electrons. The maximum Gasteiger partial charge on any atom is 0.143 e. The van der Waals surface area contributed by atoms with Gasteiger partial charge in [-0.25, -0.2) is 0 Å². The van der Waals surface area contributed by atoms with E-state index in [2.05, 4.69) is 243 Å². The molecular weight excluding hydrogens is 763 g/mol. The summed E-state index contributed by atoms with van der Waals surface area (Å²) in [6, 6.07) is 81.4. The molecule has 0 saturated carbocycles. The van der Waals surface area contributed by atoms with Gasteiger partial charge in [0.2, 0.25) is 0 Å². The monoisotopic (exact) mass is 805 g/mol. The predicted molar refractivity (Wildman–Crippen MR) is 265 cm³/mol. The summed E-state index contributed by atoms with van der Waals surface area (Å²) in [4.78, 5) is 2.37. The molecule has 1 aromatic heterocycles. The van der Waals surface area contributed by atoms with Gasteiger partial charge < -0.3 is 9.32 Å². The molecule has 10 aromatic carbocycles. The van der Waals surface area contributed by atoms with Crippen molar-refractivity contribution in [1.82, 2.24) is 0 Å². The molecule has 0 aliphatic heterocycles. The van der Waals surface area contributed by atoms with Crippen LogP contribution in [0.2, 0.25) is 0 Å². The first kappa shape index (κ1) is 36.9. The summed E-state index contributed by atoms with van der Waals surface area (Å²) >= 11 is 0. The molecular formula is C61H43NO. The molecule has 1 heterocycles. The first-order valence-corrected chi connectivity index (χ1v) is 21.8. The number of rotatable bonds is 7. The minimum atomic E-state index is -0.0978. The standard InChI is InChI=1S/C61H43NO/c1-61(2)56-20-9-8-16-53(56)54-19-10-18-51(59(54)61)46-30-37-49(38-31-46)62(47-33-26-43(27-34-47)42-24-22-41(23-25-42)40-12-4-3-5-13-40)48-35-28-45(29-36-48)50-17-11-21-57-58(50)55-39-32-44-14-6-7-15-52(44)60(55)63-57/h3-39H,1-2H3. The molecule has 0 bridgehead atoms. The van der Waals surface area contributed by atoms with E-state index in [9.17, 15) is 0 Å². The van der Waals surface area contributed by atoms with Gasteiger partial charge in [-0.2, -0.15) is 0 Å². The number of furan rings is 1. The molecule has 0 fully saturated rings. The highest BCUT2D eigenvalue weighted by Gasteiger charge is 2.37. The SMILES string of the molecule is CC1(C)c2ccccc2-c2cccc(-c3ccc(N(c4ccc(-c5ccc(-c6ccccc6)cc5)cc4)c4ccc(-c5cccc6oc7c8ccccc8ccc7c56)cc4)cc3)c21. The van der Waals surface area contributed by atoms with Gasteiger partial charge in [-0.05, 0) is 121 Å². The molecule has 1 aliphatic rings. The fraction of sp³-hybridized carbons (Fsp3) is 0.0492. The van der Waals surface area contributed by atoms with E-state index in [1.807, 2.05) is 0 Å². The van der Waals surface area contributed by atoms with Crippen LogP contribution in [0, 0.1) is 0 Å². The summed E-state index contributed by atoms with van der Waals surface area (Å²) < 4.78 is 6.56. The topological polar surface area (TPSA) is 16.4 Å². The lowest BCUT2D eigenvalue weighted by atomic mass is 9.79. The van der Waals surface area contributed by atoms with E-state index >= 15 is 0 Å². The Kier molecular flexibility index (Phi) is 8.55. The van der Waals surface area contributed by atoms with Crippen LogP contribution in [-0.4, -0.2) is 0 Å². The summed E-state index contributed by atoms with van der Waals surface area (Å²) in [5, 5.41) is 4.59. The van der Waals surface area contributed by atoms with E-state index in [0.717, 1.165) is 55.5 Å². The molecule has 0 unspecified atom stereocenters. The second kappa shape index (κ2) is 14.6. The third kappa shape index (κ3) is 6.09. The first-order chi connectivity index (χ1) is 31.0. The van der Waals surface area contributed by atoms with Crippen LogP contribution in [0.3, 0.4) is 0 Å². The largest absolute Gasteiger partial charge is 0.455 e. The fourth-order valence-corrected chi connectivity index (χ4v) is 10.2. The minimum absolute atomic E-state index is 0.0978. The van der Waals surface area contributed by atoms with E-state index in [1.165, 1.54) is 61.0 Å². The lowest BCUT2D eigenvalue weighted by Gasteiger charge is -2.27. The molecule has 298 valence electrons. The van der Waals surface area contributed by atoms with E-state index in [1.54, 1.807) is 0 Å². The van der Waals surface area contributed by atoms with Crippen LogP contribution in [-0.2, 0) is 5.41 Å². The third-order valence-corrected chi connectivity index (χ3v) is 13.3. The molecule has 63 heavy (non-hydrogen) atoms. The number of benzene rings is 10. The normalized spacial score (nSPS) is 12.7. The number of nitrogens with zero attached hydrogens (tertiary/aromatic N) is 1. The van der Waals surface area contributed by atoms with Crippen LogP contribution < -0.4 is 4.90 Å². The van der Waals surface area contributed by atoms with Gasteiger partial charge in [0, 0.05) is 38.6 Å². The van der Waals surface area contributed by atoms with E-state index in [4.69, 9.17) is 4.42 Å². The summed E-state index contributed by atoms with van der Waals surface area (Å²) in [6.07, 6.45) is 0. The van der Waals surface area contributed by atoms with Gasteiger partial charge in [-0.15, -0.1) is 0 Å². The average Bonchev–Trinajstić information content (AvgIpc) is 3.85. The second-order valence-corrected chi connectivity index (χ2v) is 17.3. The van der Waals surface area contributed by atoms with Crippen molar-refractivity contribution in [3.05, 3.63) is 236 Å². The predicted octanol–water partition coefficient (Wildman–Crippen LogP) is 17.2. The van der Waals surface area contributed by atoms with Crippen molar-refractivity contribution < 1.29 is 4.42 Å². The Balaban J connectivity index is 0.932. The summed E-state index contributed by atoms with van der Waals surface area (Å²) in [7, 11) is 0. The Morgan fingerprint density at radius 1 is 0.349 bits per heavy atom. The van der Waals surface area contributed by atoms with Gasteiger partial charge in [0.05, 0.1) is 0 Å². The van der Waals surface area contributed by atoms with Gasteiger partial charge in [0.25, 0.3) is 0 Å². The zero-order chi connectivity index (χ0) is 42.1. The van der Waals surface area contributed by atoms with Crippen LogP contribution in [0.4, 0.5) is 17.1 Å². The number of hydrogen-bond donors (Lipinski definition) is 0. The smallest absolute Gasteiger partial charge is 0.143 e. The van der Waals surface area contributed by atoms with Gasteiger partial charge >= 0.3 is 0 Å². The van der Waals surface area contributed by atoms with Crippen LogP contribution >= 0.6 is 0 Å². The van der Waals surface area contributed by atoms with Crippen molar-refractivity contribution in [3.63, 3.8) is 0 Å². The number of anilines is 3. The molecule has 0 atom stereocenters. The molecule has 2 nitrogen and oxygen atoms in total. The zero-order valence-corrected chi connectivity index (χ0v) is 35.2. The summed E-state index contributed by atoms with van der Waals surface area (Å²) in [5.74, 6) is 0. The lowest BCUT2D eigenvalue weighted by Crippen LogP contribution is -2.16. The molecule has 11 aromatic rings. The summed E-state index contributed by atoms with van der Waals surface area (Å²) in [5.41, 5.74) is 20.1. The van der Waals surface area contributed by atoms with Crippen LogP contribution in [0.5, 0.6) is 0 Å². The highest BCUT2D eigenvalue weighted by Crippen LogP contribution is 2.52. The second-order valence-electron chi connectivity index (χ2n) is 17.3. The molecule has 0 amide bonds. The maximum atomic E-state index is 6.56. The highest BCUT2D eigenvalue weighted by atomic mass is 16.3. The Hall–Kier alpha value is -7.94. The summed E-state index contributed by atoms with van der Waals surface area (Å²) in [6.45, 7) is 4.72. The lowest BCUT2D eigenvalue weighted by molar-refractivity contribution is 0.662. The highest BCUT2D eigenvalue weighted by molar-refractivity contribution is 6.19. The molecule has 2 heteroatoms. The van der Waals surface area contributed by atoms with Crippen molar-refractivity contribution in [2.45, 2.75) is 19.3 Å². The first-order valence-electron chi connectivity index (χ1n) is 21.8. The van der Waals surface area contributed by atoms with Gasteiger partial charge in [-0.1, -0.05) is 190 Å². The molecule has 0 N–H and O–H groups in total. The quantitative estimate of drug-likeness (QED) is 0.160. The van der Waals surface area contributed by atoms with Gasteiger partial charge in [-0.3, -0.25) is 0 Å². The zero-order valence-electron chi connectivity index (χ0n) is 35.2. The maximum absolute atomic E-state index is 6.56. The Bertz CT molecular complexity index is 3490. The van der Waals surface area contributed by atoms with Crippen LogP contribution in [0.15, 0.2) is 229 Å².